The fourth-order valence-corrected chi connectivity index (χ4v) is 3.93. The number of rotatable bonds is 8. The Labute approximate surface area is 218 Å². The Morgan fingerprint density at radius 2 is 1.95 bits per heavy atom. The number of benzene rings is 1. The van der Waals surface area contributed by atoms with Crippen molar-refractivity contribution in [1.29, 1.82) is 0 Å². The summed E-state index contributed by atoms with van der Waals surface area (Å²) in [6.45, 7) is 2.74. The first-order valence-corrected chi connectivity index (χ1v) is 12.0. The van der Waals surface area contributed by atoms with Gasteiger partial charge in [0.15, 0.2) is 5.82 Å². The largest absolute Gasteiger partial charge is 0.354 e. The van der Waals surface area contributed by atoms with E-state index in [0.717, 1.165) is 5.69 Å². The van der Waals surface area contributed by atoms with Crippen molar-refractivity contribution in [2.24, 2.45) is 11.1 Å². The van der Waals surface area contributed by atoms with Crippen LogP contribution in [0, 0.1) is 11.2 Å². The van der Waals surface area contributed by atoms with Crippen molar-refractivity contribution in [3.63, 3.8) is 0 Å². The minimum absolute atomic E-state index is 0.128. The number of halogens is 1. The normalized spacial score (nSPS) is 19.2. The Hall–Kier alpha value is -4.26. The minimum Gasteiger partial charge on any atom is -0.354 e. The number of aromatic amines is 1. The molecule has 5 rings (SSSR count). The van der Waals surface area contributed by atoms with E-state index in [4.69, 9.17) is 20.2 Å². The highest BCUT2D eigenvalue weighted by Crippen LogP contribution is 2.35. The molecule has 0 unspecified atom stereocenters. The average molecular weight is 519 g/mol. The molecule has 1 saturated heterocycles. The summed E-state index contributed by atoms with van der Waals surface area (Å²) in [5.74, 6) is 0.204. The Morgan fingerprint density at radius 3 is 2.66 bits per heavy atom. The van der Waals surface area contributed by atoms with Gasteiger partial charge in [0.05, 0.1) is 47.6 Å². The van der Waals surface area contributed by atoms with E-state index in [1.807, 2.05) is 6.07 Å². The number of hydrogen-bond acceptors (Lipinski definition) is 9. The maximum absolute atomic E-state index is 13.7. The zero-order chi connectivity index (χ0) is 26.5. The maximum atomic E-state index is 13.7. The lowest BCUT2D eigenvalue weighted by atomic mass is 9.91. The first kappa shape index (κ1) is 25.4. The number of carbonyl (C=O) groups is 1. The van der Waals surface area contributed by atoms with Crippen LogP contribution in [0.2, 0.25) is 0 Å². The number of nitrogens with zero attached hydrogens (tertiary/aromatic N) is 4. The standard InChI is InChI=1S/C26H27FN8O3/c1-26(24(36)30-12-9-28)14-37-23(38-15-26)22-34-20(16-4-6-17(27)7-5-16)21(35-22)19-8-11-31-25(33-19)32-18-3-2-10-29-13-18/h2-8,10-11,13,23H,9,12,14-15,28H2,1H3,(H,30,36)(H,34,35)(H,31,32,33). The molecule has 3 aromatic heterocycles. The molecular weight excluding hydrogens is 491 g/mol. The number of carbonyl (C=O) groups excluding carboxylic acids is 1. The van der Waals surface area contributed by atoms with Crippen molar-refractivity contribution in [1.82, 2.24) is 30.2 Å². The molecule has 4 aromatic rings. The second-order valence-corrected chi connectivity index (χ2v) is 9.04. The number of imidazole rings is 1. The van der Waals surface area contributed by atoms with Gasteiger partial charge in [0.1, 0.15) is 5.82 Å². The van der Waals surface area contributed by atoms with Crippen LogP contribution < -0.4 is 16.4 Å². The van der Waals surface area contributed by atoms with Crippen molar-refractivity contribution in [2.45, 2.75) is 13.2 Å². The number of aromatic nitrogens is 5. The van der Waals surface area contributed by atoms with Gasteiger partial charge in [-0.1, -0.05) is 0 Å². The molecular formula is C26H27FN8O3. The van der Waals surface area contributed by atoms with E-state index in [2.05, 4.69) is 30.6 Å². The van der Waals surface area contributed by atoms with E-state index in [1.165, 1.54) is 12.1 Å². The molecule has 1 aliphatic heterocycles. The third-order valence-corrected chi connectivity index (χ3v) is 5.98. The Bertz CT molecular complexity index is 1390. The van der Waals surface area contributed by atoms with Crippen LogP contribution in [0.5, 0.6) is 0 Å². The number of nitrogens with two attached hydrogens (primary N) is 1. The highest BCUT2D eigenvalue weighted by Gasteiger charge is 2.40. The molecule has 11 nitrogen and oxygen atoms in total. The van der Waals surface area contributed by atoms with E-state index < -0.39 is 11.7 Å². The SMILES string of the molecule is CC1(C(=O)NCCN)COC(c2nc(-c3ccc(F)cc3)c(-c3ccnc(Nc4cccnc4)n3)[nH]2)OC1. The van der Waals surface area contributed by atoms with Gasteiger partial charge in [-0.3, -0.25) is 9.78 Å². The van der Waals surface area contributed by atoms with Crippen molar-refractivity contribution >= 4 is 17.5 Å². The maximum Gasteiger partial charge on any atom is 0.230 e. The van der Waals surface area contributed by atoms with Gasteiger partial charge in [0.25, 0.3) is 0 Å². The lowest BCUT2D eigenvalue weighted by Gasteiger charge is -2.35. The minimum atomic E-state index is -0.861. The number of pyridine rings is 1. The second kappa shape index (κ2) is 11.0. The van der Waals surface area contributed by atoms with Crippen LogP contribution in [0.1, 0.15) is 19.0 Å². The Balaban J connectivity index is 1.44. The number of nitrogens with one attached hydrogen (secondary N) is 3. The predicted octanol–water partition coefficient (Wildman–Crippen LogP) is 2.94. The van der Waals surface area contributed by atoms with Crippen LogP contribution in [-0.2, 0) is 14.3 Å². The highest BCUT2D eigenvalue weighted by molar-refractivity contribution is 5.82. The monoisotopic (exact) mass is 518 g/mol. The van der Waals surface area contributed by atoms with Crippen molar-refractivity contribution < 1.29 is 18.7 Å². The van der Waals surface area contributed by atoms with E-state index in [0.29, 0.717) is 47.5 Å². The molecule has 0 atom stereocenters. The topological polar surface area (TPSA) is 153 Å². The zero-order valence-electron chi connectivity index (χ0n) is 20.6. The molecule has 0 spiro atoms. The third-order valence-electron chi connectivity index (χ3n) is 5.98. The first-order chi connectivity index (χ1) is 18.4. The summed E-state index contributed by atoms with van der Waals surface area (Å²) in [6, 6.07) is 11.4. The van der Waals surface area contributed by atoms with Crippen molar-refractivity contribution in [3.05, 3.63) is 72.7 Å². The summed E-state index contributed by atoms with van der Waals surface area (Å²) in [5, 5.41) is 5.90. The molecule has 1 fully saturated rings. The first-order valence-electron chi connectivity index (χ1n) is 12.0. The third kappa shape index (κ3) is 5.52. The molecule has 5 N–H and O–H groups in total. The summed E-state index contributed by atoms with van der Waals surface area (Å²) in [7, 11) is 0. The van der Waals surface area contributed by atoms with Crippen molar-refractivity contribution in [3.8, 4) is 22.6 Å². The van der Waals surface area contributed by atoms with Gasteiger partial charge in [-0.25, -0.2) is 19.3 Å². The van der Waals surface area contributed by atoms with E-state index in [9.17, 15) is 9.18 Å². The van der Waals surface area contributed by atoms with Gasteiger partial charge in [0, 0.05) is 31.0 Å². The van der Waals surface area contributed by atoms with Crippen LogP contribution >= 0.6 is 0 Å². The smallest absolute Gasteiger partial charge is 0.230 e. The summed E-state index contributed by atoms with van der Waals surface area (Å²) in [5.41, 5.74) is 7.69. The summed E-state index contributed by atoms with van der Waals surface area (Å²) in [4.78, 5) is 33.5. The van der Waals surface area contributed by atoms with Crippen LogP contribution in [0.15, 0.2) is 61.1 Å². The quantitative estimate of drug-likeness (QED) is 0.276. The molecule has 4 heterocycles. The highest BCUT2D eigenvalue weighted by atomic mass is 19.1. The number of anilines is 2. The molecule has 0 radical (unpaired) electrons. The number of amides is 1. The lowest BCUT2D eigenvalue weighted by Crippen LogP contribution is -2.49. The number of hydrogen-bond donors (Lipinski definition) is 4. The van der Waals surface area contributed by atoms with E-state index >= 15 is 0 Å². The van der Waals surface area contributed by atoms with E-state index in [1.54, 1.807) is 49.8 Å². The zero-order valence-corrected chi connectivity index (χ0v) is 20.6. The molecule has 38 heavy (non-hydrogen) atoms. The second-order valence-electron chi connectivity index (χ2n) is 9.04. The number of ether oxygens (including phenoxy) is 2. The van der Waals surface area contributed by atoms with Gasteiger partial charge in [-0.15, -0.1) is 0 Å². The fourth-order valence-electron chi connectivity index (χ4n) is 3.93. The average Bonchev–Trinajstić information content (AvgIpc) is 3.39. The molecule has 1 aromatic carbocycles. The Morgan fingerprint density at radius 1 is 1.16 bits per heavy atom. The van der Waals surface area contributed by atoms with Crippen LogP contribution in [0.25, 0.3) is 22.6 Å². The Kier molecular flexibility index (Phi) is 7.36. The molecule has 0 saturated carbocycles. The lowest BCUT2D eigenvalue weighted by molar-refractivity contribution is -0.231. The van der Waals surface area contributed by atoms with Gasteiger partial charge in [0.2, 0.25) is 18.1 Å². The molecule has 0 bridgehead atoms. The molecule has 0 aliphatic carbocycles. The molecule has 196 valence electrons. The van der Waals surface area contributed by atoms with Gasteiger partial charge in [-0.05, 0) is 49.4 Å². The molecule has 1 aliphatic rings. The number of H-pyrrole nitrogens is 1. The van der Waals surface area contributed by atoms with Crippen LogP contribution in [0.3, 0.4) is 0 Å². The summed E-state index contributed by atoms with van der Waals surface area (Å²) >= 11 is 0. The van der Waals surface area contributed by atoms with Gasteiger partial charge in [-0.2, -0.15) is 0 Å². The summed E-state index contributed by atoms with van der Waals surface area (Å²) in [6.07, 6.45) is 4.12. The van der Waals surface area contributed by atoms with E-state index in [-0.39, 0.29) is 24.9 Å². The van der Waals surface area contributed by atoms with Crippen molar-refractivity contribution in [2.75, 3.05) is 31.6 Å². The van der Waals surface area contributed by atoms with Gasteiger partial charge >= 0.3 is 0 Å². The molecule has 12 heteroatoms. The van der Waals surface area contributed by atoms with Crippen LogP contribution in [-0.4, -0.2) is 57.1 Å². The van der Waals surface area contributed by atoms with Crippen LogP contribution in [0.4, 0.5) is 16.0 Å². The summed E-state index contributed by atoms with van der Waals surface area (Å²) < 4.78 is 25.5. The molecule has 1 amide bonds. The van der Waals surface area contributed by atoms with Gasteiger partial charge < -0.3 is 30.8 Å². The predicted molar refractivity (Wildman–Crippen MR) is 137 cm³/mol. The fraction of sp³-hybridized carbons (Fsp3) is 0.269.